The number of aromatic nitrogens is 3. The molecule has 0 aliphatic heterocycles. The first-order valence-corrected chi connectivity index (χ1v) is 11.9. The van der Waals surface area contributed by atoms with Gasteiger partial charge in [0.1, 0.15) is 18.1 Å². The summed E-state index contributed by atoms with van der Waals surface area (Å²) in [5.74, 6) is 0.206. The predicted octanol–water partition coefficient (Wildman–Crippen LogP) is 1.15. The third-order valence-electron chi connectivity index (χ3n) is 5.53. The molecular weight excluding hydrogens is 504 g/mol. The van der Waals surface area contributed by atoms with E-state index in [1.165, 1.54) is 10.6 Å². The first kappa shape index (κ1) is 27.5. The number of nitrogens with zero attached hydrogens (tertiary/aromatic N) is 3. The molecule has 0 aliphatic rings. The van der Waals surface area contributed by atoms with E-state index in [0.717, 1.165) is 10.2 Å². The van der Waals surface area contributed by atoms with Crippen LogP contribution in [0.2, 0.25) is 5.02 Å². The fourth-order valence-electron chi connectivity index (χ4n) is 3.55. The van der Waals surface area contributed by atoms with Gasteiger partial charge < -0.3 is 25.3 Å². The lowest BCUT2D eigenvalue weighted by Gasteiger charge is -2.15. The molecule has 3 N–H and O–H groups in total. The summed E-state index contributed by atoms with van der Waals surface area (Å²) in [4.78, 5) is 49.9. The summed E-state index contributed by atoms with van der Waals surface area (Å²) in [6, 6.07) is 6.10. The second kappa shape index (κ2) is 12.3. The molecule has 0 radical (unpaired) electrons. The number of halogens is 1. The molecule has 0 saturated heterocycles. The van der Waals surface area contributed by atoms with Crippen molar-refractivity contribution in [3.63, 3.8) is 0 Å². The molecule has 2 aromatic heterocycles. The van der Waals surface area contributed by atoms with Crippen molar-refractivity contribution < 1.29 is 18.8 Å². The Morgan fingerprint density at radius 1 is 1.08 bits per heavy atom. The molecule has 0 saturated carbocycles. The van der Waals surface area contributed by atoms with Crippen LogP contribution in [0, 0.1) is 20.8 Å². The fourth-order valence-corrected chi connectivity index (χ4v) is 3.74. The van der Waals surface area contributed by atoms with Gasteiger partial charge in [0.05, 0.1) is 12.2 Å². The Hall–Kier alpha value is -4.06. The van der Waals surface area contributed by atoms with Gasteiger partial charge in [0.25, 0.3) is 11.5 Å². The molecule has 3 rings (SSSR count). The predicted molar refractivity (Wildman–Crippen MR) is 136 cm³/mol. The lowest BCUT2D eigenvalue weighted by atomic mass is 10.2. The lowest BCUT2D eigenvalue weighted by Crippen LogP contribution is -2.46. The Balaban J connectivity index is 1.71. The largest absolute Gasteiger partial charge is 0.483 e. The first-order valence-electron chi connectivity index (χ1n) is 11.5. The van der Waals surface area contributed by atoms with E-state index in [1.807, 2.05) is 0 Å². The van der Waals surface area contributed by atoms with E-state index in [9.17, 15) is 19.2 Å². The molecule has 0 atom stereocenters. The second-order valence-corrected chi connectivity index (χ2v) is 8.67. The summed E-state index contributed by atoms with van der Waals surface area (Å²) in [5.41, 5.74) is 3.78. The van der Waals surface area contributed by atoms with E-state index in [4.69, 9.17) is 20.9 Å². The van der Waals surface area contributed by atoms with Crippen molar-refractivity contribution >= 4 is 23.4 Å². The van der Waals surface area contributed by atoms with Crippen molar-refractivity contribution in [2.45, 2.75) is 47.3 Å². The average Bonchev–Trinajstić information content (AvgIpc) is 3.16. The zero-order valence-electron chi connectivity index (χ0n) is 21.0. The van der Waals surface area contributed by atoms with Gasteiger partial charge in [-0.15, -0.1) is 0 Å². The van der Waals surface area contributed by atoms with Crippen LogP contribution in [0.1, 0.15) is 35.2 Å². The maximum atomic E-state index is 13.0. The number of nitrogens with one attached hydrogen (secondary N) is 3. The van der Waals surface area contributed by atoms with E-state index in [1.54, 1.807) is 45.9 Å². The normalized spacial score (nSPS) is 10.7. The summed E-state index contributed by atoms with van der Waals surface area (Å²) >= 11 is 6.09. The number of benzene rings is 1. The number of carbonyl (C=O) groups is 2. The minimum absolute atomic E-state index is 0.0435. The standard InChI is InChI=1S/C24H29ClN6O6/c1-5-26-22(33)13-36-20-7-6-18(25)9-17(20)10-27-21(32)12-30-14(2)8-23(34)31(24(30)35)28-11-19-15(3)29-37-16(19)4/h6-9,28H,5,10-13H2,1-4H3,(H,26,33)(H,27,32). The van der Waals surface area contributed by atoms with E-state index in [2.05, 4.69) is 21.2 Å². The number of hydrogen-bond acceptors (Lipinski definition) is 8. The number of amides is 2. The number of carbonyl (C=O) groups excluding carboxylic acids is 2. The molecule has 0 fully saturated rings. The molecule has 37 heavy (non-hydrogen) atoms. The second-order valence-electron chi connectivity index (χ2n) is 8.24. The van der Waals surface area contributed by atoms with Crippen LogP contribution in [0.4, 0.5) is 0 Å². The maximum Gasteiger partial charge on any atom is 0.350 e. The molecule has 13 heteroatoms. The van der Waals surface area contributed by atoms with Crippen LogP contribution >= 0.6 is 11.6 Å². The lowest BCUT2D eigenvalue weighted by molar-refractivity contribution is -0.123. The minimum Gasteiger partial charge on any atom is -0.483 e. The Morgan fingerprint density at radius 3 is 2.51 bits per heavy atom. The molecule has 3 aromatic rings. The van der Waals surface area contributed by atoms with Crippen LogP contribution in [0.5, 0.6) is 5.75 Å². The fraction of sp³-hybridized carbons (Fsp3) is 0.375. The summed E-state index contributed by atoms with van der Waals surface area (Å²) in [5, 5.41) is 9.64. The van der Waals surface area contributed by atoms with Crippen LogP contribution < -0.4 is 32.0 Å². The molecule has 198 valence electrons. The molecular formula is C24H29ClN6O6. The molecule has 0 unspecified atom stereocenters. The van der Waals surface area contributed by atoms with Crippen LogP contribution in [-0.2, 0) is 29.2 Å². The van der Waals surface area contributed by atoms with Gasteiger partial charge >= 0.3 is 5.69 Å². The van der Waals surface area contributed by atoms with Gasteiger partial charge in [-0.2, -0.15) is 4.68 Å². The zero-order chi connectivity index (χ0) is 27.1. The van der Waals surface area contributed by atoms with Gasteiger partial charge in [0.2, 0.25) is 5.91 Å². The van der Waals surface area contributed by atoms with E-state index in [0.29, 0.717) is 40.0 Å². The topological polar surface area (TPSA) is 149 Å². The number of aryl methyl sites for hydroxylation is 3. The smallest absolute Gasteiger partial charge is 0.350 e. The Bertz CT molecular complexity index is 1390. The third-order valence-corrected chi connectivity index (χ3v) is 5.76. The molecule has 1 aromatic carbocycles. The van der Waals surface area contributed by atoms with Gasteiger partial charge in [-0.3, -0.25) is 19.0 Å². The molecule has 12 nitrogen and oxygen atoms in total. The molecule has 2 heterocycles. The number of rotatable bonds is 11. The van der Waals surface area contributed by atoms with E-state index < -0.39 is 17.2 Å². The highest BCUT2D eigenvalue weighted by Crippen LogP contribution is 2.23. The van der Waals surface area contributed by atoms with Crippen LogP contribution in [-0.4, -0.2) is 39.4 Å². The maximum absolute atomic E-state index is 13.0. The summed E-state index contributed by atoms with van der Waals surface area (Å²) < 4.78 is 12.7. The van der Waals surface area contributed by atoms with E-state index in [-0.39, 0.29) is 32.1 Å². The van der Waals surface area contributed by atoms with Crippen LogP contribution in [0.3, 0.4) is 0 Å². The van der Waals surface area contributed by atoms with Gasteiger partial charge in [0, 0.05) is 41.0 Å². The highest BCUT2D eigenvalue weighted by molar-refractivity contribution is 6.30. The van der Waals surface area contributed by atoms with Crippen LogP contribution in [0.25, 0.3) is 0 Å². The minimum atomic E-state index is -0.694. The molecule has 0 bridgehead atoms. The molecule has 0 spiro atoms. The summed E-state index contributed by atoms with van der Waals surface area (Å²) in [7, 11) is 0. The molecule has 2 amide bonds. The molecule has 0 aliphatic carbocycles. The average molecular weight is 533 g/mol. The highest BCUT2D eigenvalue weighted by Gasteiger charge is 2.15. The van der Waals surface area contributed by atoms with Crippen molar-refractivity contribution in [3.8, 4) is 5.75 Å². The SMILES string of the molecule is CCNC(=O)COc1ccc(Cl)cc1CNC(=O)Cn1c(C)cc(=O)n(NCc2c(C)noc2C)c1=O. The van der Waals surface area contributed by atoms with Gasteiger partial charge in [-0.1, -0.05) is 16.8 Å². The van der Waals surface area contributed by atoms with Crippen molar-refractivity contribution in [3.05, 3.63) is 78.4 Å². The first-order chi connectivity index (χ1) is 17.6. The Kier molecular flexibility index (Phi) is 9.12. The van der Waals surface area contributed by atoms with Gasteiger partial charge in [-0.05, 0) is 45.9 Å². The highest BCUT2D eigenvalue weighted by atomic mass is 35.5. The number of ether oxygens (including phenoxy) is 1. The Labute approximate surface area is 217 Å². The quantitative estimate of drug-likeness (QED) is 0.333. The number of hydrogen-bond donors (Lipinski definition) is 3. The van der Waals surface area contributed by atoms with Crippen molar-refractivity contribution in [2.75, 3.05) is 18.6 Å². The number of likely N-dealkylation sites (N-methyl/N-ethyl adjacent to an activating group) is 1. The van der Waals surface area contributed by atoms with Crippen LogP contribution in [0.15, 0.2) is 38.4 Å². The Morgan fingerprint density at radius 2 is 1.84 bits per heavy atom. The van der Waals surface area contributed by atoms with Crippen molar-refractivity contribution in [1.29, 1.82) is 0 Å². The third kappa shape index (κ3) is 7.00. The zero-order valence-corrected chi connectivity index (χ0v) is 21.8. The summed E-state index contributed by atoms with van der Waals surface area (Å²) in [6.07, 6.45) is 0. The van der Waals surface area contributed by atoms with Gasteiger partial charge in [0.15, 0.2) is 6.61 Å². The van der Waals surface area contributed by atoms with Crippen molar-refractivity contribution in [1.82, 2.24) is 25.0 Å². The summed E-state index contributed by atoms with van der Waals surface area (Å²) in [6.45, 7) is 7.00. The van der Waals surface area contributed by atoms with E-state index >= 15 is 0 Å². The van der Waals surface area contributed by atoms with Gasteiger partial charge in [-0.25, -0.2) is 4.79 Å². The monoisotopic (exact) mass is 532 g/mol. The van der Waals surface area contributed by atoms with Crippen molar-refractivity contribution in [2.24, 2.45) is 0 Å².